The highest BCUT2D eigenvalue weighted by molar-refractivity contribution is 5.78. The Morgan fingerprint density at radius 3 is 2.72 bits per heavy atom. The largest absolute Gasteiger partial charge is 0.352 e. The first-order chi connectivity index (χ1) is 8.69. The van der Waals surface area contributed by atoms with E-state index in [-0.39, 0.29) is 11.8 Å². The highest BCUT2D eigenvalue weighted by atomic mass is 16.1. The van der Waals surface area contributed by atoms with Crippen LogP contribution < -0.4 is 5.32 Å². The number of carbonyl (C=O) groups is 1. The third-order valence-electron chi connectivity index (χ3n) is 3.10. The summed E-state index contributed by atoms with van der Waals surface area (Å²) in [4.78, 5) is 11.7. The summed E-state index contributed by atoms with van der Waals surface area (Å²) in [5.41, 5.74) is 2.35. The van der Waals surface area contributed by atoms with Crippen molar-refractivity contribution in [2.45, 2.75) is 40.2 Å². The SMILES string of the molecule is CC/C=C\c1ccccc1CNC(=O)C(C)CC. The first-order valence-electron chi connectivity index (χ1n) is 6.71. The van der Waals surface area contributed by atoms with E-state index in [4.69, 9.17) is 0 Å². The van der Waals surface area contributed by atoms with Crippen molar-refractivity contribution in [1.82, 2.24) is 5.32 Å². The molecular formula is C16H23NO. The number of rotatable bonds is 6. The van der Waals surface area contributed by atoms with E-state index in [2.05, 4.69) is 36.5 Å². The van der Waals surface area contributed by atoms with E-state index in [0.717, 1.165) is 12.8 Å². The molecule has 0 aliphatic heterocycles. The minimum atomic E-state index is 0.0864. The first-order valence-corrected chi connectivity index (χ1v) is 6.71. The number of allylic oxidation sites excluding steroid dienone is 1. The van der Waals surface area contributed by atoms with Gasteiger partial charge in [-0.25, -0.2) is 0 Å². The maximum Gasteiger partial charge on any atom is 0.223 e. The fraction of sp³-hybridized carbons (Fsp3) is 0.438. The van der Waals surface area contributed by atoms with E-state index in [1.165, 1.54) is 11.1 Å². The molecule has 1 unspecified atom stereocenters. The van der Waals surface area contributed by atoms with Gasteiger partial charge in [-0.15, -0.1) is 0 Å². The van der Waals surface area contributed by atoms with Gasteiger partial charge in [0.2, 0.25) is 5.91 Å². The molecule has 0 aliphatic rings. The molecule has 1 aromatic rings. The Morgan fingerprint density at radius 2 is 2.06 bits per heavy atom. The van der Waals surface area contributed by atoms with Gasteiger partial charge < -0.3 is 5.32 Å². The third kappa shape index (κ3) is 4.36. The Balaban J connectivity index is 2.67. The lowest BCUT2D eigenvalue weighted by atomic mass is 10.1. The fourth-order valence-corrected chi connectivity index (χ4v) is 1.64. The van der Waals surface area contributed by atoms with Crippen molar-refractivity contribution < 1.29 is 4.79 Å². The predicted molar refractivity (Wildman–Crippen MR) is 77.1 cm³/mol. The van der Waals surface area contributed by atoms with Crippen LogP contribution in [0.1, 0.15) is 44.7 Å². The summed E-state index contributed by atoms with van der Waals surface area (Å²) in [6, 6.07) is 8.17. The van der Waals surface area contributed by atoms with Gasteiger partial charge in [-0.3, -0.25) is 4.79 Å². The van der Waals surface area contributed by atoms with Crippen molar-refractivity contribution in [2.24, 2.45) is 5.92 Å². The second-order valence-corrected chi connectivity index (χ2v) is 4.54. The number of amides is 1. The predicted octanol–water partition coefficient (Wildman–Crippen LogP) is 3.77. The lowest BCUT2D eigenvalue weighted by Crippen LogP contribution is -2.28. The zero-order valence-electron chi connectivity index (χ0n) is 11.6. The van der Waals surface area contributed by atoms with Crippen molar-refractivity contribution in [2.75, 3.05) is 0 Å². The van der Waals surface area contributed by atoms with Crippen molar-refractivity contribution in [3.63, 3.8) is 0 Å². The van der Waals surface area contributed by atoms with E-state index in [9.17, 15) is 4.79 Å². The molecule has 2 nitrogen and oxygen atoms in total. The van der Waals surface area contributed by atoms with E-state index < -0.39 is 0 Å². The molecule has 0 fully saturated rings. The fourth-order valence-electron chi connectivity index (χ4n) is 1.64. The average molecular weight is 245 g/mol. The summed E-state index contributed by atoms with van der Waals surface area (Å²) in [6.07, 6.45) is 6.15. The van der Waals surface area contributed by atoms with Gasteiger partial charge >= 0.3 is 0 Å². The van der Waals surface area contributed by atoms with E-state index in [1.807, 2.05) is 26.0 Å². The molecule has 0 radical (unpaired) electrons. The lowest BCUT2D eigenvalue weighted by molar-refractivity contribution is -0.124. The summed E-state index contributed by atoms with van der Waals surface area (Å²) < 4.78 is 0. The topological polar surface area (TPSA) is 29.1 Å². The average Bonchev–Trinajstić information content (AvgIpc) is 2.42. The van der Waals surface area contributed by atoms with Crippen molar-refractivity contribution >= 4 is 12.0 Å². The highest BCUT2D eigenvalue weighted by Crippen LogP contribution is 2.11. The van der Waals surface area contributed by atoms with Gasteiger partial charge in [0.05, 0.1) is 0 Å². The molecule has 0 heterocycles. The lowest BCUT2D eigenvalue weighted by Gasteiger charge is -2.11. The molecule has 1 aromatic carbocycles. The maximum atomic E-state index is 11.7. The Hall–Kier alpha value is -1.57. The summed E-state index contributed by atoms with van der Waals surface area (Å²) in [5.74, 6) is 0.218. The van der Waals surface area contributed by atoms with Crippen molar-refractivity contribution in [1.29, 1.82) is 0 Å². The summed E-state index contributed by atoms with van der Waals surface area (Å²) in [6.45, 7) is 6.71. The summed E-state index contributed by atoms with van der Waals surface area (Å²) in [5, 5.41) is 2.99. The number of hydrogen-bond acceptors (Lipinski definition) is 1. The van der Waals surface area contributed by atoms with Crippen LogP contribution in [0.5, 0.6) is 0 Å². The Kier molecular flexibility index (Phi) is 6.20. The molecule has 1 atom stereocenters. The van der Waals surface area contributed by atoms with Crippen LogP contribution in [0.2, 0.25) is 0 Å². The minimum absolute atomic E-state index is 0.0864. The molecule has 0 aliphatic carbocycles. The second kappa shape index (κ2) is 7.70. The highest BCUT2D eigenvalue weighted by Gasteiger charge is 2.09. The van der Waals surface area contributed by atoms with E-state index in [0.29, 0.717) is 6.54 Å². The normalized spacial score (nSPS) is 12.6. The van der Waals surface area contributed by atoms with Crippen LogP contribution in [0.4, 0.5) is 0 Å². The van der Waals surface area contributed by atoms with Crippen LogP contribution in [0.25, 0.3) is 6.08 Å². The molecule has 0 saturated carbocycles. The minimum Gasteiger partial charge on any atom is -0.352 e. The van der Waals surface area contributed by atoms with Gasteiger partial charge in [0, 0.05) is 12.5 Å². The standard InChI is InChI=1S/C16H23NO/c1-4-6-9-14-10-7-8-11-15(14)12-17-16(18)13(3)5-2/h6-11,13H,4-5,12H2,1-3H3,(H,17,18)/b9-6-. The number of carbonyl (C=O) groups excluding carboxylic acids is 1. The van der Waals surface area contributed by atoms with Crippen LogP contribution in [-0.2, 0) is 11.3 Å². The van der Waals surface area contributed by atoms with E-state index in [1.54, 1.807) is 0 Å². The summed E-state index contributed by atoms with van der Waals surface area (Å²) >= 11 is 0. The molecule has 98 valence electrons. The smallest absolute Gasteiger partial charge is 0.223 e. The monoisotopic (exact) mass is 245 g/mol. The quantitative estimate of drug-likeness (QED) is 0.812. The van der Waals surface area contributed by atoms with Gasteiger partial charge in [-0.2, -0.15) is 0 Å². The number of hydrogen-bond donors (Lipinski definition) is 1. The Bertz CT molecular complexity index is 409. The molecule has 0 saturated heterocycles. The van der Waals surface area contributed by atoms with Gasteiger partial charge in [0.15, 0.2) is 0 Å². The zero-order chi connectivity index (χ0) is 13.4. The number of benzene rings is 1. The van der Waals surface area contributed by atoms with Crippen molar-refractivity contribution in [3.8, 4) is 0 Å². The van der Waals surface area contributed by atoms with E-state index >= 15 is 0 Å². The molecule has 1 rings (SSSR count). The van der Waals surface area contributed by atoms with Gasteiger partial charge in [0.25, 0.3) is 0 Å². The summed E-state index contributed by atoms with van der Waals surface area (Å²) in [7, 11) is 0. The molecule has 1 N–H and O–H groups in total. The van der Waals surface area contributed by atoms with Crippen LogP contribution >= 0.6 is 0 Å². The van der Waals surface area contributed by atoms with Crippen molar-refractivity contribution in [3.05, 3.63) is 41.5 Å². The molecule has 1 amide bonds. The molecule has 0 spiro atoms. The Labute approximate surface area is 110 Å². The molecule has 0 aromatic heterocycles. The van der Waals surface area contributed by atoms with Crippen LogP contribution in [0.15, 0.2) is 30.3 Å². The first kappa shape index (κ1) is 14.5. The number of nitrogens with one attached hydrogen (secondary N) is 1. The van der Waals surface area contributed by atoms with Crippen LogP contribution in [-0.4, -0.2) is 5.91 Å². The molecule has 2 heteroatoms. The molecule has 0 bridgehead atoms. The maximum absolute atomic E-state index is 11.7. The third-order valence-corrected chi connectivity index (χ3v) is 3.10. The second-order valence-electron chi connectivity index (χ2n) is 4.54. The zero-order valence-corrected chi connectivity index (χ0v) is 11.6. The van der Waals surface area contributed by atoms with Gasteiger partial charge in [-0.1, -0.05) is 57.2 Å². The van der Waals surface area contributed by atoms with Crippen LogP contribution in [0.3, 0.4) is 0 Å². The van der Waals surface area contributed by atoms with Crippen LogP contribution in [0, 0.1) is 5.92 Å². The molecule has 18 heavy (non-hydrogen) atoms. The Morgan fingerprint density at radius 1 is 1.33 bits per heavy atom. The molecular weight excluding hydrogens is 222 g/mol. The van der Waals surface area contributed by atoms with Gasteiger partial charge in [0.1, 0.15) is 0 Å². The van der Waals surface area contributed by atoms with Gasteiger partial charge in [-0.05, 0) is 24.0 Å².